The first-order valence-corrected chi connectivity index (χ1v) is 8.54. The van der Waals surface area contributed by atoms with Crippen LogP contribution < -0.4 is 14.2 Å². The molecule has 7 heteroatoms. The summed E-state index contributed by atoms with van der Waals surface area (Å²) in [4.78, 5) is 11.0. The number of carboxylic acids is 1. The molecule has 2 aromatic rings. The van der Waals surface area contributed by atoms with Gasteiger partial charge in [-0.2, -0.15) is 5.26 Å². The third-order valence-electron chi connectivity index (χ3n) is 3.35. The van der Waals surface area contributed by atoms with Crippen molar-refractivity contribution in [2.75, 3.05) is 19.8 Å². The van der Waals surface area contributed by atoms with E-state index in [0.29, 0.717) is 41.0 Å². The summed E-state index contributed by atoms with van der Waals surface area (Å²) in [6.45, 7) is 2.85. The highest BCUT2D eigenvalue weighted by Crippen LogP contribution is 2.29. The van der Waals surface area contributed by atoms with Gasteiger partial charge in [-0.05, 0) is 55.0 Å². The molecular weight excluding hydrogens is 370 g/mol. The second-order valence-electron chi connectivity index (χ2n) is 5.26. The summed E-state index contributed by atoms with van der Waals surface area (Å²) < 4.78 is 16.8. The highest BCUT2D eigenvalue weighted by Gasteiger charge is 2.09. The summed E-state index contributed by atoms with van der Waals surface area (Å²) in [5.41, 5.74) is 0.171. The summed E-state index contributed by atoms with van der Waals surface area (Å²) >= 11 is 5.82. The van der Waals surface area contributed by atoms with Gasteiger partial charge >= 0.3 is 5.97 Å². The van der Waals surface area contributed by atoms with Crippen LogP contribution in [0.3, 0.4) is 0 Å². The van der Waals surface area contributed by atoms with Crippen LogP contribution >= 0.6 is 11.6 Å². The second-order valence-corrected chi connectivity index (χ2v) is 5.70. The van der Waals surface area contributed by atoms with E-state index in [1.807, 2.05) is 6.92 Å². The summed E-state index contributed by atoms with van der Waals surface area (Å²) in [7, 11) is 0. The zero-order valence-electron chi connectivity index (χ0n) is 14.6. The van der Waals surface area contributed by atoms with E-state index in [1.54, 1.807) is 48.5 Å². The predicted octanol–water partition coefficient (Wildman–Crippen LogP) is 4.19. The fraction of sp³-hybridized carbons (Fsp3) is 0.200. The minimum Gasteiger partial charge on any atom is -0.490 e. The van der Waals surface area contributed by atoms with Crippen LogP contribution in [0.1, 0.15) is 12.5 Å². The molecule has 27 heavy (non-hydrogen) atoms. The van der Waals surface area contributed by atoms with Gasteiger partial charge in [-0.25, -0.2) is 4.79 Å². The average Bonchev–Trinajstić information content (AvgIpc) is 2.66. The van der Waals surface area contributed by atoms with Crippen molar-refractivity contribution in [1.29, 1.82) is 5.26 Å². The molecule has 0 bridgehead atoms. The lowest BCUT2D eigenvalue weighted by Gasteiger charge is -2.13. The van der Waals surface area contributed by atoms with Gasteiger partial charge in [-0.3, -0.25) is 0 Å². The molecule has 0 aliphatic heterocycles. The van der Waals surface area contributed by atoms with Crippen LogP contribution in [0.4, 0.5) is 0 Å². The summed E-state index contributed by atoms with van der Waals surface area (Å²) in [5, 5.41) is 18.4. The van der Waals surface area contributed by atoms with Crippen molar-refractivity contribution in [3.8, 4) is 23.3 Å². The van der Waals surface area contributed by atoms with Crippen LogP contribution in [0, 0.1) is 11.3 Å². The lowest BCUT2D eigenvalue weighted by Crippen LogP contribution is -2.10. The molecule has 0 aliphatic carbocycles. The van der Waals surface area contributed by atoms with E-state index in [2.05, 4.69) is 0 Å². The Labute approximate surface area is 162 Å². The maximum Gasteiger partial charge on any atom is 0.346 e. The Bertz CT molecular complexity index is 856. The van der Waals surface area contributed by atoms with E-state index in [-0.39, 0.29) is 12.2 Å². The second kappa shape index (κ2) is 10.1. The molecule has 140 valence electrons. The Hall–Kier alpha value is -3.17. The minimum absolute atomic E-state index is 0.288. The van der Waals surface area contributed by atoms with Crippen molar-refractivity contribution in [3.05, 3.63) is 58.6 Å². The largest absolute Gasteiger partial charge is 0.490 e. The smallest absolute Gasteiger partial charge is 0.346 e. The van der Waals surface area contributed by atoms with Crippen LogP contribution in [-0.4, -0.2) is 30.9 Å². The molecule has 0 saturated carbocycles. The van der Waals surface area contributed by atoms with E-state index in [1.165, 1.54) is 6.08 Å². The van der Waals surface area contributed by atoms with Crippen LogP contribution in [0.2, 0.25) is 5.02 Å². The van der Waals surface area contributed by atoms with Gasteiger partial charge in [0.15, 0.2) is 11.5 Å². The van der Waals surface area contributed by atoms with Gasteiger partial charge in [0.2, 0.25) is 0 Å². The monoisotopic (exact) mass is 387 g/mol. The van der Waals surface area contributed by atoms with Crippen molar-refractivity contribution < 1.29 is 24.1 Å². The topological polar surface area (TPSA) is 88.8 Å². The molecule has 0 aromatic heterocycles. The molecule has 2 aromatic carbocycles. The Morgan fingerprint density at radius 2 is 1.81 bits per heavy atom. The van der Waals surface area contributed by atoms with Crippen LogP contribution in [-0.2, 0) is 4.79 Å². The predicted molar refractivity (Wildman–Crippen MR) is 101 cm³/mol. The molecule has 1 N–H and O–H groups in total. The van der Waals surface area contributed by atoms with Crippen molar-refractivity contribution >= 4 is 23.6 Å². The maximum absolute atomic E-state index is 11.0. The van der Waals surface area contributed by atoms with Gasteiger partial charge in [-0.15, -0.1) is 0 Å². The maximum atomic E-state index is 11.0. The minimum atomic E-state index is -1.28. The third kappa shape index (κ3) is 6.24. The van der Waals surface area contributed by atoms with Gasteiger partial charge in [0.05, 0.1) is 6.61 Å². The number of rotatable bonds is 9. The molecule has 2 rings (SSSR count). The fourth-order valence-electron chi connectivity index (χ4n) is 2.15. The SMILES string of the molecule is CCOc1cc(C=C(C#N)C(=O)O)ccc1OCCOc1ccc(Cl)cc1. The number of halogens is 1. The van der Waals surface area contributed by atoms with Crippen LogP contribution in [0.25, 0.3) is 6.08 Å². The number of hydrogen-bond donors (Lipinski definition) is 1. The fourth-order valence-corrected chi connectivity index (χ4v) is 2.28. The summed E-state index contributed by atoms with van der Waals surface area (Å²) in [6, 6.07) is 13.6. The van der Waals surface area contributed by atoms with Gasteiger partial charge < -0.3 is 19.3 Å². The lowest BCUT2D eigenvalue weighted by atomic mass is 10.1. The molecule has 0 heterocycles. The number of benzene rings is 2. The molecule has 0 fully saturated rings. The number of aliphatic carboxylic acids is 1. The van der Waals surface area contributed by atoms with E-state index in [0.717, 1.165) is 0 Å². The van der Waals surface area contributed by atoms with Crippen molar-refractivity contribution in [1.82, 2.24) is 0 Å². The van der Waals surface area contributed by atoms with Crippen molar-refractivity contribution in [2.45, 2.75) is 6.92 Å². The van der Waals surface area contributed by atoms with E-state index in [9.17, 15) is 4.79 Å². The first kappa shape index (κ1) is 20.1. The van der Waals surface area contributed by atoms with Crippen LogP contribution in [0.15, 0.2) is 48.0 Å². The molecular formula is C20H18ClNO5. The van der Waals surface area contributed by atoms with Gasteiger partial charge in [0.25, 0.3) is 0 Å². The Morgan fingerprint density at radius 1 is 1.11 bits per heavy atom. The summed E-state index contributed by atoms with van der Waals surface area (Å²) in [6.07, 6.45) is 1.28. The average molecular weight is 388 g/mol. The van der Waals surface area contributed by atoms with E-state index < -0.39 is 5.97 Å². The number of carbonyl (C=O) groups is 1. The molecule has 0 aliphatic rings. The standard InChI is InChI=1S/C20H18ClNO5/c1-2-25-19-12-14(11-15(13-22)20(23)24)3-8-18(19)27-10-9-26-17-6-4-16(21)5-7-17/h3-8,11-12H,2,9-10H2,1H3,(H,23,24). The molecule has 0 spiro atoms. The van der Waals surface area contributed by atoms with Crippen molar-refractivity contribution in [2.24, 2.45) is 0 Å². The highest BCUT2D eigenvalue weighted by molar-refractivity contribution is 6.30. The Morgan fingerprint density at radius 3 is 2.44 bits per heavy atom. The normalized spacial score (nSPS) is 10.8. The molecule has 0 amide bonds. The quantitative estimate of drug-likeness (QED) is 0.394. The van der Waals surface area contributed by atoms with Gasteiger partial charge in [-0.1, -0.05) is 17.7 Å². The third-order valence-corrected chi connectivity index (χ3v) is 3.60. The summed E-state index contributed by atoms with van der Waals surface area (Å²) in [5.74, 6) is 0.365. The van der Waals surface area contributed by atoms with Crippen molar-refractivity contribution in [3.63, 3.8) is 0 Å². The number of nitrogens with zero attached hydrogens (tertiary/aromatic N) is 1. The highest BCUT2D eigenvalue weighted by atomic mass is 35.5. The van der Waals surface area contributed by atoms with Gasteiger partial charge in [0, 0.05) is 5.02 Å². The molecule has 0 radical (unpaired) electrons. The number of carboxylic acid groups (broad SMARTS) is 1. The van der Waals surface area contributed by atoms with E-state index >= 15 is 0 Å². The first-order valence-electron chi connectivity index (χ1n) is 8.16. The first-order chi connectivity index (χ1) is 13.0. The zero-order valence-corrected chi connectivity index (χ0v) is 15.4. The molecule has 0 unspecified atom stereocenters. The number of nitriles is 1. The Kier molecular flexibility index (Phi) is 7.53. The molecule has 0 saturated heterocycles. The zero-order chi connectivity index (χ0) is 19.6. The number of ether oxygens (including phenoxy) is 3. The molecule has 6 nitrogen and oxygen atoms in total. The Balaban J connectivity index is 2.02. The number of hydrogen-bond acceptors (Lipinski definition) is 5. The lowest BCUT2D eigenvalue weighted by molar-refractivity contribution is -0.132. The van der Waals surface area contributed by atoms with E-state index in [4.69, 9.17) is 36.2 Å². The van der Waals surface area contributed by atoms with Gasteiger partial charge in [0.1, 0.15) is 30.6 Å². The van der Waals surface area contributed by atoms with Crippen LogP contribution in [0.5, 0.6) is 17.2 Å². The molecule has 0 atom stereocenters.